The van der Waals surface area contributed by atoms with Crippen molar-refractivity contribution >= 4 is 28.5 Å². The standard InChI is InChI=1S/C18H16N6/c19-18-21-16-15(11-20-23-16)17(22-18)24(14-9-5-2-6-10-14)12-13-7-3-1-4-8-13/h1-11H,12H2,(H3,19,20,21,22,23). The molecular weight excluding hydrogens is 300 g/mol. The summed E-state index contributed by atoms with van der Waals surface area (Å²) in [4.78, 5) is 10.8. The van der Waals surface area contributed by atoms with E-state index in [1.54, 1.807) is 6.20 Å². The zero-order valence-electron chi connectivity index (χ0n) is 12.9. The molecular formula is C18H16N6. The number of nitrogens with two attached hydrogens (primary N) is 1. The van der Waals surface area contributed by atoms with E-state index in [1.165, 1.54) is 5.56 Å². The minimum absolute atomic E-state index is 0.218. The average molecular weight is 316 g/mol. The van der Waals surface area contributed by atoms with Crippen molar-refractivity contribution in [2.45, 2.75) is 6.54 Å². The van der Waals surface area contributed by atoms with E-state index < -0.39 is 0 Å². The summed E-state index contributed by atoms with van der Waals surface area (Å²) in [5.74, 6) is 0.956. The molecule has 0 bridgehead atoms. The summed E-state index contributed by atoms with van der Waals surface area (Å²) in [6.07, 6.45) is 1.73. The van der Waals surface area contributed by atoms with Gasteiger partial charge in [-0.05, 0) is 17.7 Å². The van der Waals surface area contributed by atoms with Crippen LogP contribution >= 0.6 is 0 Å². The van der Waals surface area contributed by atoms with Crippen molar-refractivity contribution in [3.05, 3.63) is 72.4 Å². The molecule has 0 amide bonds. The van der Waals surface area contributed by atoms with Gasteiger partial charge < -0.3 is 10.6 Å². The molecule has 0 aliphatic heterocycles. The zero-order chi connectivity index (χ0) is 16.4. The second kappa shape index (κ2) is 6.00. The second-order valence-corrected chi connectivity index (χ2v) is 5.44. The normalized spacial score (nSPS) is 10.8. The molecule has 4 aromatic rings. The lowest BCUT2D eigenvalue weighted by atomic mass is 10.2. The maximum Gasteiger partial charge on any atom is 0.224 e. The van der Waals surface area contributed by atoms with E-state index in [1.807, 2.05) is 48.5 Å². The number of rotatable bonds is 4. The van der Waals surface area contributed by atoms with Crippen molar-refractivity contribution < 1.29 is 0 Å². The minimum atomic E-state index is 0.218. The molecule has 2 heterocycles. The Balaban J connectivity index is 1.87. The molecule has 3 N–H and O–H groups in total. The van der Waals surface area contributed by atoms with Gasteiger partial charge in [0.2, 0.25) is 5.95 Å². The monoisotopic (exact) mass is 316 g/mol. The fourth-order valence-electron chi connectivity index (χ4n) is 2.70. The molecule has 2 aromatic heterocycles. The molecule has 2 aromatic carbocycles. The molecule has 0 unspecified atom stereocenters. The van der Waals surface area contributed by atoms with E-state index >= 15 is 0 Å². The predicted molar refractivity (Wildman–Crippen MR) is 94.8 cm³/mol. The largest absolute Gasteiger partial charge is 0.368 e. The highest BCUT2D eigenvalue weighted by Gasteiger charge is 2.17. The number of nitrogens with one attached hydrogen (secondary N) is 1. The van der Waals surface area contributed by atoms with Crippen LogP contribution in [0.15, 0.2) is 66.9 Å². The van der Waals surface area contributed by atoms with E-state index in [4.69, 9.17) is 5.73 Å². The lowest BCUT2D eigenvalue weighted by Crippen LogP contribution is -2.18. The Bertz CT molecular complexity index is 949. The van der Waals surface area contributed by atoms with Crippen LogP contribution in [-0.2, 0) is 6.54 Å². The Kier molecular flexibility index (Phi) is 3.55. The van der Waals surface area contributed by atoms with Gasteiger partial charge in [0, 0.05) is 12.2 Å². The molecule has 0 radical (unpaired) electrons. The summed E-state index contributed by atoms with van der Waals surface area (Å²) < 4.78 is 0. The van der Waals surface area contributed by atoms with Gasteiger partial charge in [-0.2, -0.15) is 15.1 Å². The Hall–Kier alpha value is -3.41. The number of para-hydroxylation sites is 1. The van der Waals surface area contributed by atoms with E-state index in [0.717, 1.165) is 16.9 Å². The van der Waals surface area contributed by atoms with Crippen molar-refractivity contribution in [3.8, 4) is 0 Å². The van der Waals surface area contributed by atoms with E-state index in [0.29, 0.717) is 12.2 Å². The highest BCUT2D eigenvalue weighted by Crippen LogP contribution is 2.31. The van der Waals surface area contributed by atoms with E-state index in [-0.39, 0.29) is 5.95 Å². The summed E-state index contributed by atoms with van der Waals surface area (Å²) in [6.45, 7) is 0.668. The Morgan fingerprint density at radius 3 is 2.38 bits per heavy atom. The number of aromatic amines is 1. The van der Waals surface area contributed by atoms with Crippen molar-refractivity contribution in [1.82, 2.24) is 20.2 Å². The smallest absolute Gasteiger partial charge is 0.224 e. The number of hydrogen-bond donors (Lipinski definition) is 2. The van der Waals surface area contributed by atoms with Crippen molar-refractivity contribution in [1.29, 1.82) is 0 Å². The molecule has 4 rings (SSSR count). The maximum atomic E-state index is 5.90. The predicted octanol–water partition coefficient (Wildman–Crippen LogP) is 3.27. The fourth-order valence-corrected chi connectivity index (χ4v) is 2.70. The van der Waals surface area contributed by atoms with Gasteiger partial charge in [-0.15, -0.1) is 0 Å². The molecule has 6 heteroatoms. The molecule has 24 heavy (non-hydrogen) atoms. The van der Waals surface area contributed by atoms with Gasteiger partial charge in [-0.25, -0.2) is 0 Å². The summed E-state index contributed by atoms with van der Waals surface area (Å²) in [7, 11) is 0. The van der Waals surface area contributed by atoms with Gasteiger partial charge in [0.1, 0.15) is 5.82 Å². The van der Waals surface area contributed by atoms with E-state index in [9.17, 15) is 0 Å². The number of nitrogens with zero attached hydrogens (tertiary/aromatic N) is 4. The van der Waals surface area contributed by atoms with Gasteiger partial charge in [-0.3, -0.25) is 5.10 Å². The number of H-pyrrole nitrogens is 1. The highest BCUT2D eigenvalue weighted by molar-refractivity contribution is 5.89. The van der Waals surface area contributed by atoms with Crippen LogP contribution in [0, 0.1) is 0 Å². The zero-order valence-corrected chi connectivity index (χ0v) is 12.9. The number of aromatic nitrogens is 4. The summed E-state index contributed by atoms with van der Waals surface area (Å²) in [5, 5.41) is 7.78. The Morgan fingerprint density at radius 2 is 1.62 bits per heavy atom. The molecule has 0 atom stereocenters. The van der Waals surface area contributed by atoms with Crippen LogP contribution in [0.5, 0.6) is 0 Å². The van der Waals surface area contributed by atoms with Crippen molar-refractivity contribution in [2.24, 2.45) is 0 Å². The molecule has 0 aliphatic rings. The van der Waals surface area contributed by atoms with Crippen molar-refractivity contribution in [2.75, 3.05) is 10.6 Å². The fraction of sp³-hybridized carbons (Fsp3) is 0.0556. The highest BCUT2D eigenvalue weighted by atomic mass is 15.2. The first-order chi connectivity index (χ1) is 11.8. The van der Waals surface area contributed by atoms with Gasteiger partial charge >= 0.3 is 0 Å². The first kappa shape index (κ1) is 14.2. The summed E-state index contributed by atoms with van der Waals surface area (Å²) in [5.41, 5.74) is 8.73. The molecule has 0 aliphatic carbocycles. The number of fused-ring (bicyclic) bond motifs is 1. The van der Waals surface area contributed by atoms with Crippen LogP contribution in [0.1, 0.15) is 5.56 Å². The van der Waals surface area contributed by atoms with Gasteiger partial charge in [0.15, 0.2) is 5.65 Å². The lowest BCUT2D eigenvalue weighted by molar-refractivity contribution is 0.951. The van der Waals surface area contributed by atoms with Gasteiger partial charge in [0.25, 0.3) is 0 Å². The lowest BCUT2D eigenvalue weighted by Gasteiger charge is -2.24. The third-order valence-corrected chi connectivity index (χ3v) is 3.81. The number of hydrogen-bond acceptors (Lipinski definition) is 5. The average Bonchev–Trinajstić information content (AvgIpc) is 3.09. The summed E-state index contributed by atoms with van der Waals surface area (Å²) in [6, 6.07) is 20.3. The maximum absolute atomic E-state index is 5.90. The first-order valence-corrected chi connectivity index (χ1v) is 7.64. The van der Waals surface area contributed by atoms with Crippen LogP contribution in [0.2, 0.25) is 0 Å². The molecule has 0 saturated carbocycles. The van der Waals surface area contributed by atoms with Crippen LogP contribution in [0.25, 0.3) is 11.0 Å². The third kappa shape index (κ3) is 2.65. The number of benzene rings is 2. The topological polar surface area (TPSA) is 83.7 Å². The first-order valence-electron chi connectivity index (χ1n) is 7.64. The number of anilines is 3. The molecule has 118 valence electrons. The van der Waals surface area contributed by atoms with Crippen LogP contribution in [0.4, 0.5) is 17.5 Å². The molecule has 6 nitrogen and oxygen atoms in total. The van der Waals surface area contributed by atoms with Crippen LogP contribution < -0.4 is 10.6 Å². The minimum Gasteiger partial charge on any atom is -0.368 e. The summed E-state index contributed by atoms with van der Waals surface area (Å²) >= 11 is 0. The molecule has 0 saturated heterocycles. The number of nitrogen functional groups attached to an aromatic ring is 1. The SMILES string of the molecule is Nc1nc(N(Cc2ccccc2)c2ccccc2)c2cn[nH]c2n1. The Morgan fingerprint density at radius 1 is 0.917 bits per heavy atom. The van der Waals surface area contributed by atoms with Crippen LogP contribution in [-0.4, -0.2) is 20.2 Å². The molecule has 0 fully saturated rings. The van der Waals surface area contributed by atoms with Gasteiger partial charge in [0.05, 0.1) is 11.6 Å². The van der Waals surface area contributed by atoms with Crippen molar-refractivity contribution in [3.63, 3.8) is 0 Å². The van der Waals surface area contributed by atoms with Crippen LogP contribution in [0.3, 0.4) is 0 Å². The molecule has 0 spiro atoms. The third-order valence-electron chi connectivity index (χ3n) is 3.81. The van der Waals surface area contributed by atoms with E-state index in [2.05, 4.69) is 37.2 Å². The quantitative estimate of drug-likeness (QED) is 0.603. The second-order valence-electron chi connectivity index (χ2n) is 5.44. The Labute approximate surface area is 139 Å². The van der Waals surface area contributed by atoms with Gasteiger partial charge in [-0.1, -0.05) is 48.5 Å².